The Bertz CT molecular complexity index is 546. The highest BCUT2D eigenvalue weighted by atomic mass is 16.6. The first kappa shape index (κ1) is 15.2. The van der Waals surface area contributed by atoms with Crippen molar-refractivity contribution in [3.63, 3.8) is 0 Å². The lowest BCUT2D eigenvalue weighted by molar-refractivity contribution is -0.384. The summed E-state index contributed by atoms with van der Waals surface area (Å²) in [6.07, 6.45) is 3.64. The molecule has 1 aliphatic rings. The molecule has 1 aliphatic carbocycles. The molecule has 1 fully saturated rings. The van der Waals surface area contributed by atoms with Crippen molar-refractivity contribution in [3.05, 3.63) is 33.9 Å². The number of benzene rings is 1. The summed E-state index contributed by atoms with van der Waals surface area (Å²) < 4.78 is 0. The third kappa shape index (κ3) is 3.49. The molecule has 1 aromatic rings. The highest BCUT2D eigenvalue weighted by Crippen LogP contribution is 2.31. The molecule has 7 heteroatoms. The van der Waals surface area contributed by atoms with Crippen LogP contribution in [0.1, 0.15) is 42.5 Å². The van der Waals surface area contributed by atoms with Gasteiger partial charge in [0, 0.05) is 0 Å². The van der Waals surface area contributed by atoms with E-state index < -0.39 is 22.7 Å². The Kier molecular flexibility index (Phi) is 4.74. The van der Waals surface area contributed by atoms with E-state index in [0.717, 1.165) is 19.3 Å². The minimum absolute atomic E-state index is 0.144. The number of carboxylic acids is 1. The van der Waals surface area contributed by atoms with Gasteiger partial charge < -0.3 is 15.5 Å². The first-order valence-corrected chi connectivity index (χ1v) is 6.96. The normalized spacial score (nSPS) is 22.3. The minimum Gasteiger partial charge on any atom is -0.477 e. The standard InChI is InChI=1S/C14H18N2O5/c17-12-8-3-1-2-6-10(12)15-11-7-4-5-9(14(18)19)13(11)16(20)21/h4-5,7,10,12,15,17H,1-3,6,8H2,(H,18,19). The van der Waals surface area contributed by atoms with Crippen molar-refractivity contribution >= 4 is 17.3 Å². The van der Waals surface area contributed by atoms with Crippen LogP contribution in [-0.4, -0.2) is 33.3 Å². The molecule has 0 amide bonds. The number of rotatable bonds is 4. The average molecular weight is 294 g/mol. The molecular formula is C14H18N2O5. The van der Waals surface area contributed by atoms with Crippen LogP contribution in [0.4, 0.5) is 11.4 Å². The van der Waals surface area contributed by atoms with E-state index >= 15 is 0 Å². The van der Waals surface area contributed by atoms with Gasteiger partial charge in [0.15, 0.2) is 0 Å². The smallest absolute Gasteiger partial charge is 0.342 e. The zero-order valence-corrected chi connectivity index (χ0v) is 11.5. The van der Waals surface area contributed by atoms with Crippen LogP contribution in [0.5, 0.6) is 0 Å². The van der Waals surface area contributed by atoms with Gasteiger partial charge in [0.2, 0.25) is 0 Å². The second-order valence-corrected chi connectivity index (χ2v) is 5.22. The molecule has 3 N–H and O–H groups in total. The lowest BCUT2D eigenvalue weighted by atomic mass is 10.0. The molecule has 0 spiro atoms. The Labute approximate surface area is 121 Å². The maximum Gasteiger partial charge on any atom is 0.342 e. The van der Waals surface area contributed by atoms with E-state index in [1.165, 1.54) is 18.2 Å². The van der Waals surface area contributed by atoms with E-state index in [1.54, 1.807) is 0 Å². The number of nitrogens with zero attached hydrogens (tertiary/aromatic N) is 1. The van der Waals surface area contributed by atoms with Gasteiger partial charge in [0.1, 0.15) is 11.3 Å². The van der Waals surface area contributed by atoms with Crippen LogP contribution >= 0.6 is 0 Å². The van der Waals surface area contributed by atoms with Crippen molar-refractivity contribution in [2.24, 2.45) is 0 Å². The number of nitrogens with one attached hydrogen (secondary N) is 1. The van der Waals surface area contributed by atoms with Crippen molar-refractivity contribution in [3.8, 4) is 0 Å². The topological polar surface area (TPSA) is 113 Å². The van der Waals surface area contributed by atoms with E-state index in [9.17, 15) is 20.0 Å². The first-order chi connectivity index (χ1) is 10.0. The number of para-hydroxylation sites is 1. The summed E-state index contributed by atoms with van der Waals surface area (Å²) in [6, 6.07) is 3.84. The Balaban J connectivity index is 2.32. The number of anilines is 1. The van der Waals surface area contributed by atoms with Gasteiger partial charge in [-0.1, -0.05) is 25.3 Å². The average Bonchev–Trinajstić information content (AvgIpc) is 2.63. The van der Waals surface area contributed by atoms with Crippen molar-refractivity contribution < 1.29 is 19.9 Å². The number of hydrogen-bond donors (Lipinski definition) is 3. The van der Waals surface area contributed by atoms with Crippen molar-refractivity contribution in [1.82, 2.24) is 0 Å². The van der Waals surface area contributed by atoms with Gasteiger partial charge in [-0.05, 0) is 25.0 Å². The minimum atomic E-state index is -1.34. The molecule has 1 aromatic carbocycles. The molecular weight excluding hydrogens is 276 g/mol. The van der Waals surface area contributed by atoms with E-state index in [0.29, 0.717) is 12.8 Å². The zero-order chi connectivity index (χ0) is 15.4. The summed E-state index contributed by atoms with van der Waals surface area (Å²) in [5.41, 5.74) is -0.666. The fourth-order valence-corrected chi connectivity index (χ4v) is 2.69. The fraction of sp³-hybridized carbons (Fsp3) is 0.500. The number of aromatic carboxylic acids is 1. The lowest BCUT2D eigenvalue weighted by Crippen LogP contribution is -2.32. The monoisotopic (exact) mass is 294 g/mol. The van der Waals surface area contributed by atoms with Gasteiger partial charge in [-0.25, -0.2) is 4.79 Å². The number of hydrogen-bond acceptors (Lipinski definition) is 5. The Hall–Kier alpha value is -2.15. The van der Waals surface area contributed by atoms with Crippen LogP contribution in [-0.2, 0) is 0 Å². The van der Waals surface area contributed by atoms with Gasteiger partial charge in [-0.2, -0.15) is 0 Å². The molecule has 7 nitrogen and oxygen atoms in total. The second-order valence-electron chi connectivity index (χ2n) is 5.22. The lowest BCUT2D eigenvalue weighted by Gasteiger charge is -2.23. The first-order valence-electron chi connectivity index (χ1n) is 6.96. The SMILES string of the molecule is O=C(O)c1cccc(NC2CCCCCC2O)c1[N+](=O)[O-]. The molecule has 2 atom stereocenters. The predicted octanol–water partition coefficient (Wildman–Crippen LogP) is 2.40. The number of aliphatic hydroxyl groups is 1. The van der Waals surface area contributed by atoms with Crippen LogP contribution in [0, 0.1) is 10.1 Å². The highest BCUT2D eigenvalue weighted by molar-refractivity contribution is 5.95. The molecule has 0 aromatic heterocycles. The molecule has 1 saturated carbocycles. The summed E-state index contributed by atoms with van der Waals surface area (Å²) in [6.45, 7) is 0. The molecule has 0 saturated heterocycles. The van der Waals surface area contributed by atoms with Crippen LogP contribution in [0.2, 0.25) is 0 Å². The van der Waals surface area contributed by atoms with Crippen LogP contribution < -0.4 is 5.32 Å². The quantitative estimate of drug-likeness (QED) is 0.446. The van der Waals surface area contributed by atoms with Gasteiger partial charge in [-0.3, -0.25) is 10.1 Å². The largest absolute Gasteiger partial charge is 0.477 e. The van der Waals surface area contributed by atoms with Crippen LogP contribution in [0.3, 0.4) is 0 Å². The van der Waals surface area contributed by atoms with E-state index in [4.69, 9.17) is 5.11 Å². The third-order valence-corrected chi connectivity index (χ3v) is 3.77. The summed E-state index contributed by atoms with van der Waals surface area (Å²) in [5, 5.41) is 33.3. The second kappa shape index (κ2) is 6.53. The van der Waals surface area contributed by atoms with Crippen LogP contribution in [0.25, 0.3) is 0 Å². The number of nitro benzene ring substituents is 1. The van der Waals surface area contributed by atoms with Gasteiger partial charge in [-0.15, -0.1) is 0 Å². The van der Waals surface area contributed by atoms with Crippen LogP contribution in [0.15, 0.2) is 18.2 Å². The Morgan fingerprint density at radius 3 is 2.67 bits per heavy atom. The van der Waals surface area contributed by atoms with E-state index in [2.05, 4.69) is 5.32 Å². The van der Waals surface area contributed by atoms with Crippen molar-refractivity contribution in [2.75, 3.05) is 5.32 Å². The van der Waals surface area contributed by atoms with E-state index in [-0.39, 0.29) is 17.3 Å². The number of nitro groups is 1. The van der Waals surface area contributed by atoms with E-state index in [1.807, 2.05) is 0 Å². The maximum absolute atomic E-state index is 11.2. The molecule has 2 rings (SSSR count). The Morgan fingerprint density at radius 1 is 1.29 bits per heavy atom. The summed E-state index contributed by atoms with van der Waals surface area (Å²) in [5.74, 6) is -1.34. The highest BCUT2D eigenvalue weighted by Gasteiger charge is 2.28. The fourth-order valence-electron chi connectivity index (χ4n) is 2.69. The summed E-state index contributed by atoms with van der Waals surface area (Å²) in [7, 11) is 0. The molecule has 2 unspecified atom stereocenters. The maximum atomic E-state index is 11.2. The summed E-state index contributed by atoms with van der Waals surface area (Å²) >= 11 is 0. The van der Waals surface area contributed by atoms with Gasteiger partial charge in [0.05, 0.1) is 17.1 Å². The number of aliphatic hydroxyl groups excluding tert-OH is 1. The summed E-state index contributed by atoms with van der Waals surface area (Å²) in [4.78, 5) is 21.6. The Morgan fingerprint density at radius 2 is 2.00 bits per heavy atom. The molecule has 0 radical (unpaired) electrons. The predicted molar refractivity (Wildman–Crippen MR) is 76.6 cm³/mol. The number of carboxylic acid groups (broad SMARTS) is 1. The van der Waals surface area contributed by atoms with Crippen molar-refractivity contribution in [2.45, 2.75) is 44.2 Å². The molecule has 0 heterocycles. The third-order valence-electron chi connectivity index (χ3n) is 3.77. The zero-order valence-electron chi connectivity index (χ0n) is 11.5. The van der Waals surface area contributed by atoms with Gasteiger partial charge >= 0.3 is 11.7 Å². The molecule has 0 bridgehead atoms. The van der Waals surface area contributed by atoms with Crippen molar-refractivity contribution in [1.29, 1.82) is 0 Å². The molecule has 21 heavy (non-hydrogen) atoms. The molecule has 0 aliphatic heterocycles. The molecule has 114 valence electrons. The van der Waals surface area contributed by atoms with Gasteiger partial charge in [0.25, 0.3) is 0 Å². The number of carbonyl (C=O) groups is 1.